The molecule has 33 heavy (non-hydrogen) atoms. The van der Waals surface area contributed by atoms with Crippen molar-refractivity contribution in [3.05, 3.63) is 58.9 Å². The zero-order valence-corrected chi connectivity index (χ0v) is 19.9. The van der Waals surface area contributed by atoms with Gasteiger partial charge in [-0.3, -0.25) is 9.59 Å². The molecule has 5 rings (SSSR count). The number of halogens is 1. The van der Waals surface area contributed by atoms with Crippen LogP contribution in [0.5, 0.6) is 0 Å². The molecule has 0 radical (unpaired) electrons. The number of amides is 2. The maximum Gasteiger partial charge on any atom is 0.271 e. The first kappa shape index (κ1) is 22.1. The van der Waals surface area contributed by atoms with Crippen LogP contribution in [-0.2, 0) is 17.8 Å². The number of hydrogen-bond acceptors (Lipinski definition) is 3. The highest BCUT2D eigenvalue weighted by Crippen LogP contribution is 2.34. The van der Waals surface area contributed by atoms with E-state index >= 15 is 0 Å². The van der Waals surface area contributed by atoms with Crippen molar-refractivity contribution >= 4 is 34.5 Å². The van der Waals surface area contributed by atoms with Crippen molar-refractivity contribution < 1.29 is 14.0 Å². The molecule has 2 aromatic heterocycles. The van der Waals surface area contributed by atoms with Crippen molar-refractivity contribution in [3.63, 3.8) is 0 Å². The second kappa shape index (κ2) is 8.56. The van der Waals surface area contributed by atoms with Crippen LogP contribution in [-0.4, -0.2) is 39.4 Å². The van der Waals surface area contributed by atoms with E-state index in [0.717, 1.165) is 30.3 Å². The molecule has 1 N–H and O–H groups in total. The highest BCUT2D eigenvalue weighted by atomic mass is 35.5. The molecule has 1 aliphatic heterocycles. The minimum Gasteiger partial charge on any atom is -0.463 e. The van der Waals surface area contributed by atoms with Gasteiger partial charge in [0.15, 0.2) is 5.58 Å². The Bertz CT molecular complexity index is 1180. The fourth-order valence-corrected chi connectivity index (χ4v) is 5.50. The summed E-state index contributed by atoms with van der Waals surface area (Å²) in [6, 6.07) is 11.4. The smallest absolute Gasteiger partial charge is 0.271 e. The van der Waals surface area contributed by atoms with Gasteiger partial charge < -0.3 is 19.2 Å². The van der Waals surface area contributed by atoms with Gasteiger partial charge in [0.1, 0.15) is 11.2 Å². The van der Waals surface area contributed by atoms with Crippen LogP contribution in [0, 0.1) is 5.92 Å². The van der Waals surface area contributed by atoms with Gasteiger partial charge in [-0.25, -0.2) is 0 Å². The van der Waals surface area contributed by atoms with E-state index in [9.17, 15) is 9.59 Å². The molecule has 6 nitrogen and oxygen atoms in total. The minimum atomic E-state index is -1.00. The van der Waals surface area contributed by atoms with Crippen LogP contribution in [0.3, 0.4) is 0 Å². The second-order valence-electron chi connectivity index (χ2n) is 9.73. The number of carbonyl (C=O) groups is 2. The van der Waals surface area contributed by atoms with E-state index in [1.54, 1.807) is 17.2 Å². The van der Waals surface area contributed by atoms with Crippen LogP contribution in [0.2, 0.25) is 5.02 Å². The Hall–Kier alpha value is -2.73. The molecule has 1 saturated carbocycles. The number of aromatic nitrogens is 1. The molecular formula is C26H30ClN3O3. The normalized spacial score (nSPS) is 25.3. The van der Waals surface area contributed by atoms with Gasteiger partial charge in [-0.05, 0) is 49.8 Å². The van der Waals surface area contributed by atoms with Crippen LogP contribution in [0.1, 0.15) is 55.6 Å². The monoisotopic (exact) mass is 467 g/mol. The van der Waals surface area contributed by atoms with E-state index in [2.05, 4.69) is 12.2 Å². The zero-order chi connectivity index (χ0) is 23.2. The van der Waals surface area contributed by atoms with Crippen molar-refractivity contribution in [2.75, 3.05) is 6.54 Å². The van der Waals surface area contributed by atoms with E-state index in [-0.39, 0.29) is 17.9 Å². The van der Waals surface area contributed by atoms with E-state index in [1.165, 1.54) is 6.42 Å². The summed E-state index contributed by atoms with van der Waals surface area (Å²) in [6.45, 7) is 4.93. The topological polar surface area (TPSA) is 67.5 Å². The maximum atomic E-state index is 13.8. The predicted octanol–water partition coefficient (Wildman–Crippen LogP) is 5.04. The fraction of sp³-hybridized carbons (Fsp3) is 0.462. The highest BCUT2D eigenvalue weighted by Gasteiger charge is 2.48. The highest BCUT2D eigenvalue weighted by molar-refractivity contribution is 6.30. The SMILES string of the molecule is C[C@@H]1CCCC[C@@H]1NC(=O)[C@@]1(C)Cn2c(cc3occc32)C(=O)N1CCc1ccc(Cl)cc1. The predicted molar refractivity (Wildman–Crippen MR) is 128 cm³/mol. The van der Waals surface area contributed by atoms with Crippen LogP contribution in [0.25, 0.3) is 11.1 Å². The number of nitrogens with zero attached hydrogens (tertiary/aromatic N) is 2. The number of rotatable bonds is 5. The Balaban J connectivity index is 1.47. The maximum absolute atomic E-state index is 13.8. The lowest BCUT2D eigenvalue weighted by Gasteiger charge is -2.45. The lowest BCUT2D eigenvalue weighted by molar-refractivity contribution is -0.134. The molecule has 2 aliphatic rings. The van der Waals surface area contributed by atoms with Gasteiger partial charge in [-0.15, -0.1) is 0 Å². The van der Waals surface area contributed by atoms with E-state index in [1.807, 2.05) is 41.8 Å². The quantitative estimate of drug-likeness (QED) is 0.571. The van der Waals surface area contributed by atoms with Crippen LogP contribution in [0.15, 0.2) is 47.1 Å². The molecule has 7 heteroatoms. The summed E-state index contributed by atoms with van der Waals surface area (Å²) in [5.41, 5.74) is 2.15. The number of benzene rings is 1. The molecule has 3 aromatic rings. The number of fused-ring (bicyclic) bond motifs is 3. The Labute approximate surface area is 198 Å². The summed E-state index contributed by atoms with van der Waals surface area (Å²) >= 11 is 6.03. The molecule has 3 heterocycles. The molecule has 1 fully saturated rings. The molecule has 2 amide bonds. The first-order chi connectivity index (χ1) is 15.9. The number of carbonyl (C=O) groups excluding carboxylic acids is 2. The third-order valence-corrected chi connectivity index (χ3v) is 7.76. The summed E-state index contributed by atoms with van der Waals surface area (Å²) in [5, 5.41) is 3.99. The van der Waals surface area contributed by atoms with Crippen molar-refractivity contribution in [1.82, 2.24) is 14.8 Å². The Morgan fingerprint density at radius 3 is 2.73 bits per heavy atom. The molecule has 174 valence electrons. The van der Waals surface area contributed by atoms with Gasteiger partial charge >= 0.3 is 0 Å². The zero-order valence-electron chi connectivity index (χ0n) is 19.1. The summed E-state index contributed by atoms with van der Waals surface area (Å²) in [4.78, 5) is 29.2. The van der Waals surface area contributed by atoms with E-state index in [0.29, 0.717) is 41.7 Å². The van der Waals surface area contributed by atoms with Crippen molar-refractivity contribution in [2.24, 2.45) is 5.92 Å². The molecule has 0 bridgehead atoms. The van der Waals surface area contributed by atoms with Crippen LogP contribution in [0.4, 0.5) is 0 Å². The van der Waals surface area contributed by atoms with E-state index < -0.39 is 5.54 Å². The number of furan rings is 1. The molecule has 0 saturated heterocycles. The Kier molecular flexibility index (Phi) is 5.73. The van der Waals surface area contributed by atoms with E-state index in [4.69, 9.17) is 16.0 Å². The molecule has 1 aliphatic carbocycles. The van der Waals surface area contributed by atoms with Crippen molar-refractivity contribution in [1.29, 1.82) is 0 Å². The Morgan fingerprint density at radius 2 is 1.97 bits per heavy atom. The standard InChI is InChI=1S/C26H30ClN3O3/c1-17-5-3-4-6-20(17)28-25(32)26(2)16-29-21-12-14-33-23(21)15-22(29)24(31)30(26)13-11-18-7-9-19(27)10-8-18/h7-10,12,14-15,17,20H,3-6,11,13,16H2,1-2H3,(H,28,32)/t17-,20+,26-/m1/s1. The summed E-state index contributed by atoms with van der Waals surface area (Å²) in [6.07, 6.45) is 6.71. The molecule has 0 unspecified atom stereocenters. The van der Waals surface area contributed by atoms with Crippen LogP contribution < -0.4 is 5.32 Å². The minimum absolute atomic E-state index is 0.0818. The van der Waals surface area contributed by atoms with Gasteiger partial charge in [0.25, 0.3) is 5.91 Å². The van der Waals surface area contributed by atoms with Gasteiger partial charge in [0.2, 0.25) is 5.91 Å². The van der Waals surface area contributed by atoms with Gasteiger partial charge in [-0.1, -0.05) is 43.5 Å². The fourth-order valence-electron chi connectivity index (χ4n) is 5.37. The molecular weight excluding hydrogens is 438 g/mol. The lowest BCUT2D eigenvalue weighted by Crippen LogP contribution is -2.65. The summed E-state index contributed by atoms with van der Waals surface area (Å²) in [5.74, 6) is 0.216. The van der Waals surface area contributed by atoms with Crippen molar-refractivity contribution in [3.8, 4) is 0 Å². The van der Waals surface area contributed by atoms with Crippen LogP contribution >= 0.6 is 11.6 Å². The average molecular weight is 468 g/mol. The third kappa shape index (κ3) is 3.95. The average Bonchev–Trinajstić information content (AvgIpc) is 3.39. The molecule has 0 spiro atoms. The lowest BCUT2D eigenvalue weighted by atomic mass is 9.85. The summed E-state index contributed by atoms with van der Waals surface area (Å²) in [7, 11) is 0. The van der Waals surface area contributed by atoms with Gasteiger partial charge in [0.05, 0.1) is 18.3 Å². The molecule has 3 atom stereocenters. The first-order valence-electron chi connectivity index (χ1n) is 11.8. The third-order valence-electron chi connectivity index (χ3n) is 7.50. The number of nitrogens with one attached hydrogen (secondary N) is 1. The number of hydrogen-bond donors (Lipinski definition) is 1. The van der Waals surface area contributed by atoms with Crippen molar-refractivity contribution in [2.45, 2.75) is 64.1 Å². The second-order valence-corrected chi connectivity index (χ2v) is 10.2. The first-order valence-corrected chi connectivity index (χ1v) is 12.2. The van der Waals surface area contributed by atoms with Gasteiger partial charge in [-0.2, -0.15) is 0 Å². The Morgan fingerprint density at radius 1 is 1.21 bits per heavy atom. The molecule has 1 aromatic carbocycles. The summed E-state index contributed by atoms with van der Waals surface area (Å²) < 4.78 is 7.49. The largest absolute Gasteiger partial charge is 0.463 e. The van der Waals surface area contributed by atoms with Gasteiger partial charge in [0, 0.05) is 29.7 Å².